The van der Waals surface area contributed by atoms with Gasteiger partial charge in [-0.2, -0.15) is 5.10 Å². The highest BCUT2D eigenvalue weighted by Gasteiger charge is 1.98. The van der Waals surface area contributed by atoms with Gasteiger partial charge in [0.2, 0.25) is 0 Å². The van der Waals surface area contributed by atoms with Crippen LogP contribution in [-0.2, 0) is 0 Å². The molecule has 2 rings (SSSR count). The Morgan fingerprint density at radius 1 is 1.27 bits per heavy atom. The minimum Gasteiger partial charge on any atom is -0.490 e. The summed E-state index contributed by atoms with van der Waals surface area (Å²) in [6, 6.07) is 7.88. The van der Waals surface area contributed by atoms with E-state index in [2.05, 4.69) is 16.8 Å². The molecule has 15 heavy (non-hydrogen) atoms. The second kappa shape index (κ2) is 4.46. The molecule has 3 heteroatoms. The second-order valence-corrected chi connectivity index (χ2v) is 3.11. The van der Waals surface area contributed by atoms with E-state index in [0.717, 1.165) is 16.9 Å². The predicted molar refractivity (Wildman–Crippen MR) is 59.7 cm³/mol. The Bertz CT molecular complexity index is 417. The summed E-state index contributed by atoms with van der Waals surface area (Å²) in [7, 11) is 0. The summed E-state index contributed by atoms with van der Waals surface area (Å²) in [5, 5.41) is 6.68. The molecule has 0 aliphatic carbocycles. The smallest absolute Gasteiger partial charge is 0.119 e. The monoisotopic (exact) mass is 200 g/mol. The fourth-order valence-electron chi connectivity index (χ4n) is 1.31. The van der Waals surface area contributed by atoms with E-state index in [-0.39, 0.29) is 0 Å². The number of benzene rings is 1. The van der Waals surface area contributed by atoms with Crippen LogP contribution in [0.3, 0.4) is 0 Å². The highest BCUT2D eigenvalue weighted by Crippen LogP contribution is 2.20. The zero-order valence-corrected chi connectivity index (χ0v) is 8.31. The summed E-state index contributed by atoms with van der Waals surface area (Å²) in [5.74, 6) is 0.849. The van der Waals surface area contributed by atoms with Crippen LogP contribution in [-0.4, -0.2) is 16.8 Å². The highest BCUT2D eigenvalue weighted by atomic mass is 16.5. The first-order valence-corrected chi connectivity index (χ1v) is 4.73. The van der Waals surface area contributed by atoms with E-state index in [1.807, 2.05) is 30.5 Å². The molecule has 0 amide bonds. The number of hydrogen-bond acceptors (Lipinski definition) is 2. The minimum absolute atomic E-state index is 0.533. The van der Waals surface area contributed by atoms with Gasteiger partial charge in [-0.25, -0.2) is 0 Å². The third-order valence-electron chi connectivity index (χ3n) is 2.05. The van der Waals surface area contributed by atoms with Crippen molar-refractivity contribution in [3.8, 4) is 16.9 Å². The van der Waals surface area contributed by atoms with Crippen molar-refractivity contribution in [3.05, 3.63) is 49.3 Å². The van der Waals surface area contributed by atoms with Gasteiger partial charge >= 0.3 is 0 Å². The molecule has 76 valence electrons. The molecule has 2 aromatic rings. The number of nitrogens with zero attached hydrogens (tertiary/aromatic N) is 1. The van der Waals surface area contributed by atoms with E-state index in [1.54, 1.807) is 12.3 Å². The zero-order valence-electron chi connectivity index (χ0n) is 8.31. The van der Waals surface area contributed by atoms with Gasteiger partial charge < -0.3 is 4.74 Å². The average molecular weight is 200 g/mol. The second-order valence-electron chi connectivity index (χ2n) is 3.11. The van der Waals surface area contributed by atoms with Gasteiger partial charge in [-0.3, -0.25) is 5.10 Å². The first-order valence-electron chi connectivity index (χ1n) is 4.73. The summed E-state index contributed by atoms with van der Waals surface area (Å²) >= 11 is 0. The van der Waals surface area contributed by atoms with E-state index >= 15 is 0 Å². The van der Waals surface area contributed by atoms with E-state index in [9.17, 15) is 0 Å². The van der Waals surface area contributed by atoms with Crippen LogP contribution < -0.4 is 4.74 Å². The topological polar surface area (TPSA) is 37.9 Å². The first-order chi connectivity index (χ1) is 7.40. The maximum atomic E-state index is 5.39. The number of rotatable bonds is 4. The van der Waals surface area contributed by atoms with Crippen molar-refractivity contribution < 1.29 is 4.74 Å². The fourth-order valence-corrected chi connectivity index (χ4v) is 1.31. The maximum absolute atomic E-state index is 5.39. The van der Waals surface area contributed by atoms with Crippen LogP contribution in [0.5, 0.6) is 5.75 Å². The highest BCUT2D eigenvalue weighted by molar-refractivity contribution is 5.62. The molecule has 0 atom stereocenters. The summed E-state index contributed by atoms with van der Waals surface area (Å²) < 4.78 is 5.39. The van der Waals surface area contributed by atoms with Crippen LogP contribution in [0, 0.1) is 0 Å². The van der Waals surface area contributed by atoms with Gasteiger partial charge in [0.25, 0.3) is 0 Å². The van der Waals surface area contributed by atoms with Gasteiger partial charge in [-0.15, -0.1) is 0 Å². The normalized spacial score (nSPS) is 9.87. The van der Waals surface area contributed by atoms with Gasteiger partial charge in [-0.1, -0.05) is 24.8 Å². The van der Waals surface area contributed by atoms with E-state index in [4.69, 9.17) is 4.74 Å². The van der Waals surface area contributed by atoms with Crippen molar-refractivity contribution in [2.45, 2.75) is 0 Å². The summed E-state index contributed by atoms with van der Waals surface area (Å²) in [6.07, 6.45) is 5.38. The van der Waals surface area contributed by atoms with Crippen LogP contribution >= 0.6 is 0 Å². The first kappa shape index (κ1) is 9.52. The summed E-state index contributed by atoms with van der Waals surface area (Å²) in [6.45, 7) is 4.13. The largest absolute Gasteiger partial charge is 0.490 e. The van der Waals surface area contributed by atoms with Gasteiger partial charge in [-0.05, 0) is 17.7 Å². The number of H-pyrrole nitrogens is 1. The van der Waals surface area contributed by atoms with Crippen LogP contribution in [0.2, 0.25) is 0 Å². The van der Waals surface area contributed by atoms with Gasteiger partial charge in [0, 0.05) is 11.8 Å². The standard InChI is InChI=1S/C12H12N2O/c1-2-7-15-12-5-3-10(4-6-12)11-8-13-14-9-11/h2-6,8-9H,1,7H2,(H,13,14). The van der Waals surface area contributed by atoms with Crippen LogP contribution in [0.15, 0.2) is 49.3 Å². The number of aromatic nitrogens is 2. The van der Waals surface area contributed by atoms with Crippen molar-refractivity contribution in [3.63, 3.8) is 0 Å². The lowest BCUT2D eigenvalue weighted by molar-refractivity contribution is 0.363. The van der Waals surface area contributed by atoms with Crippen molar-refractivity contribution in [1.29, 1.82) is 0 Å². The third-order valence-corrected chi connectivity index (χ3v) is 2.05. The van der Waals surface area contributed by atoms with E-state index in [0.29, 0.717) is 6.61 Å². The maximum Gasteiger partial charge on any atom is 0.119 e. The van der Waals surface area contributed by atoms with Crippen LogP contribution in [0.1, 0.15) is 0 Å². The molecule has 0 spiro atoms. The van der Waals surface area contributed by atoms with Gasteiger partial charge in [0.1, 0.15) is 12.4 Å². The van der Waals surface area contributed by atoms with Crippen LogP contribution in [0.25, 0.3) is 11.1 Å². The lowest BCUT2D eigenvalue weighted by Gasteiger charge is -2.03. The molecular weight excluding hydrogens is 188 g/mol. The molecular formula is C12H12N2O. The molecule has 0 aliphatic rings. The van der Waals surface area contributed by atoms with Crippen molar-refractivity contribution >= 4 is 0 Å². The molecule has 1 heterocycles. The predicted octanol–water partition coefficient (Wildman–Crippen LogP) is 2.64. The molecule has 0 unspecified atom stereocenters. The quantitative estimate of drug-likeness (QED) is 0.770. The van der Waals surface area contributed by atoms with Crippen LogP contribution in [0.4, 0.5) is 0 Å². The molecule has 3 nitrogen and oxygen atoms in total. The Morgan fingerprint density at radius 2 is 2.07 bits per heavy atom. The molecule has 0 aliphatic heterocycles. The molecule has 1 aromatic carbocycles. The molecule has 0 bridgehead atoms. The molecule has 1 aromatic heterocycles. The SMILES string of the molecule is C=CCOc1ccc(-c2cn[nH]c2)cc1. The molecule has 0 fully saturated rings. The molecule has 0 saturated heterocycles. The van der Waals surface area contributed by atoms with Gasteiger partial charge in [0.05, 0.1) is 6.20 Å². The molecule has 1 N–H and O–H groups in total. The third kappa shape index (κ3) is 2.26. The summed E-state index contributed by atoms with van der Waals surface area (Å²) in [5.41, 5.74) is 2.19. The number of aromatic amines is 1. The lowest BCUT2D eigenvalue weighted by Crippen LogP contribution is -1.91. The Hall–Kier alpha value is -2.03. The minimum atomic E-state index is 0.533. The molecule has 0 saturated carbocycles. The lowest BCUT2D eigenvalue weighted by atomic mass is 10.1. The van der Waals surface area contributed by atoms with Crippen molar-refractivity contribution in [2.75, 3.05) is 6.61 Å². The van der Waals surface area contributed by atoms with E-state index < -0.39 is 0 Å². The summed E-state index contributed by atoms with van der Waals surface area (Å²) in [4.78, 5) is 0. The number of hydrogen-bond donors (Lipinski definition) is 1. The Labute approximate surface area is 88.4 Å². The Kier molecular flexibility index (Phi) is 2.83. The fraction of sp³-hybridized carbons (Fsp3) is 0.0833. The Balaban J connectivity index is 2.14. The molecule has 0 radical (unpaired) electrons. The van der Waals surface area contributed by atoms with Crippen molar-refractivity contribution in [2.24, 2.45) is 0 Å². The van der Waals surface area contributed by atoms with E-state index in [1.165, 1.54) is 0 Å². The van der Waals surface area contributed by atoms with Crippen molar-refractivity contribution in [1.82, 2.24) is 10.2 Å². The average Bonchev–Trinajstić information content (AvgIpc) is 2.80. The van der Waals surface area contributed by atoms with Gasteiger partial charge in [0.15, 0.2) is 0 Å². The zero-order chi connectivity index (χ0) is 10.5. The number of nitrogens with one attached hydrogen (secondary N) is 1. The Morgan fingerprint density at radius 3 is 2.67 bits per heavy atom. The number of ether oxygens (including phenoxy) is 1.